The maximum atomic E-state index is 13.0. The standard InChI is InChI=1S/C23H17N3OS/c1-15-21(22(27)24-19-13-7-11-16-8-5-6-12-18(16)19)28-23-25-20(14-26(15)23)17-9-3-2-4-10-17/h2-14H,1H3,(H,24,27). The number of anilines is 1. The lowest BCUT2D eigenvalue weighted by atomic mass is 10.1. The van der Waals surface area contributed by atoms with Gasteiger partial charge in [-0.2, -0.15) is 0 Å². The number of fused-ring (bicyclic) bond motifs is 2. The molecular weight excluding hydrogens is 366 g/mol. The third-order valence-electron chi connectivity index (χ3n) is 4.87. The van der Waals surface area contributed by atoms with Gasteiger partial charge in [0, 0.05) is 28.5 Å². The van der Waals surface area contributed by atoms with E-state index in [4.69, 9.17) is 4.98 Å². The third kappa shape index (κ3) is 2.77. The molecule has 2 aromatic heterocycles. The monoisotopic (exact) mass is 383 g/mol. The Morgan fingerprint density at radius 3 is 2.54 bits per heavy atom. The van der Waals surface area contributed by atoms with Crippen molar-refractivity contribution in [2.45, 2.75) is 6.92 Å². The van der Waals surface area contributed by atoms with Gasteiger partial charge in [-0.15, -0.1) is 0 Å². The Balaban J connectivity index is 1.50. The summed E-state index contributed by atoms with van der Waals surface area (Å²) in [5, 5.41) is 5.20. The van der Waals surface area contributed by atoms with Crippen LogP contribution in [0.25, 0.3) is 27.0 Å². The van der Waals surface area contributed by atoms with Crippen LogP contribution < -0.4 is 5.32 Å². The molecule has 5 rings (SSSR count). The van der Waals surface area contributed by atoms with Gasteiger partial charge in [0.25, 0.3) is 5.91 Å². The second-order valence-corrected chi connectivity index (χ2v) is 7.62. The number of carbonyl (C=O) groups excluding carboxylic acids is 1. The average Bonchev–Trinajstić information content (AvgIpc) is 3.29. The number of imidazole rings is 1. The van der Waals surface area contributed by atoms with Crippen LogP contribution in [0.2, 0.25) is 0 Å². The Morgan fingerprint density at radius 2 is 1.71 bits per heavy atom. The van der Waals surface area contributed by atoms with Gasteiger partial charge in [0.15, 0.2) is 4.96 Å². The summed E-state index contributed by atoms with van der Waals surface area (Å²) in [6.45, 7) is 1.96. The highest BCUT2D eigenvalue weighted by atomic mass is 32.1. The Hall–Kier alpha value is -3.44. The summed E-state index contributed by atoms with van der Waals surface area (Å²) in [7, 11) is 0. The lowest BCUT2D eigenvalue weighted by molar-refractivity contribution is 0.103. The molecule has 0 aliphatic carbocycles. The lowest BCUT2D eigenvalue weighted by Gasteiger charge is -2.08. The molecule has 5 aromatic rings. The number of nitrogens with zero attached hydrogens (tertiary/aromatic N) is 2. The van der Waals surface area contributed by atoms with E-state index in [2.05, 4.69) is 5.32 Å². The zero-order valence-electron chi connectivity index (χ0n) is 15.2. The van der Waals surface area contributed by atoms with E-state index in [1.54, 1.807) is 0 Å². The van der Waals surface area contributed by atoms with Gasteiger partial charge in [-0.1, -0.05) is 78.1 Å². The number of aryl methyl sites for hydroxylation is 1. The van der Waals surface area contributed by atoms with E-state index in [9.17, 15) is 4.79 Å². The van der Waals surface area contributed by atoms with Crippen molar-refractivity contribution < 1.29 is 4.79 Å². The first kappa shape index (κ1) is 16.7. The Labute approximate surface area is 166 Å². The molecule has 0 saturated carbocycles. The van der Waals surface area contributed by atoms with Gasteiger partial charge in [0.2, 0.25) is 0 Å². The minimum Gasteiger partial charge on any atom is -0.321 e. The third-order valence-corrected chi connectivity index (χ3v) is 6.03. The van der Waals surface area contributed by atoms with Crippen molar-refractivity contribution in [3.05, 3.63) is 89.6 Å². The van der Waals surface area contributed by atoms with E-state index >= 15 is 0 Å². The van der Waals surface area contributed by atoms with Crippen molar-refractivity contribution in [2.24, 2.45) is 0 Å². The van der Waals surface area contributed by atoms with Gasteiger partial charge in [0.1, 0.15) is 4.88 Å². The summed E-state index contributed by atoms with van der Waals surface area (Å²) >= 11 is 1.41. The van der Waals surface area contributed by atoms with Crippen LogP contribution in [-0.4, -0.2) is 15.3 Å². The van der Waals surface area contributed by atoms with Gasteiger partial charge in [-0.3, -0.25) is 9.20 Å². The quantitative estimate of drug-likeness (QED) is 0.429. The van der Waals surface area contributed by atoms with Crippen molar-refractivity contribution in [1.29, 1.82) is 0 Å². The number of aromatic nitrogens is 2. The summed E-state index contributed by atoms with van der Waals surface area (Å²) in [6.07, 6.45) is 1.99. The molecule has 0 fully saturated rings. The van der Waals surface area contributed by atoms with Crippen molar-refractivity contribution in [1.82, 2.24) is 9.38 Å². The Bertz CT molecular complexity index is 1310. The number of hydrogen-bond donors (Lipinski definition) is 1. The number of hydrogen-bond acceptors (Lipinski definition) is 3. The number of amides is 1. The van der Waals surface area contributed by atoms with Crippen LogP contribution in [0.5, 0.6) is 0 Å². The maximum absolute atomic E-state index is 13.0. The van der Waals surface area contributed by atoms with E-state index in [-0.39, 0.29) is 5.91 Å². The predicted octanol–water partition coefficient (Wildman–Crippen LogP) is 5.78. The highest BCUT2D eigenvalue weighted by Gasteiger charge is 2.18. The highest BCUT2D eigenvalue weighted by Crippen LogP contribution is 2.29. The second-order valence-electron chi connectivity index (χ2n) is 6.64. The van der Waals surface area contributed by atoms with E-state index < -0.39 is 0 Å². The molecule has 1 amide bonds. The van der Waals surface area contributed by atoms with E-state index in [0.717, 1.165) is 38.4 Å². The van der Waals surface area contributed by atoms with Crippen LogP contribution in [-0.2, 0) is 0 Å². The van der Waals surface area contributed by atoms with Gasteiger partial charge < -0.3 is 5.32 Å². The zero-order valence-corrected chi connectivity index (χ0v) is 16.0. The maximum Gasteiger partial charge on any atom is 0.267 e. The number of benzene rings is 3. The predicted molar refractivity (Wildman–Crippen MR) is 115 cm³/mol. The number of rotatable bonds is 3. The molecule has 1 N–H and O–H groups in total. The van der Waals surface area contributed by atoms with Gasteiger partial charge >= 0.3 is 0 Å². The molecule has 2 heterocycles. The molecule has 0 bridgehead atoms. The highest BCUT2D eigenvalue weighted by molar-refractivity contribution is 7.19. The zero-order chi connectivity index (χ0) is 19.1. The van der Waals surface area contributed by atoms with E-state index in [0.29, 0.717) is 4.88 Å². The topological polar surface area (TPSA) is 46.4 Å². The fourth-order valence-corrected chi connectivity index (χ4v) is 4.43. The smallest absolute Gasteiger partial charge is 0.267 e. The van der Waals surface area contributed by atoms with Crippen LogP contribution in [0.3, 0.4) is 0 Å². The minimum atomic E-state index is -0.106. The van der Waals surface area contributed by atoms with Crippen LogP contribution in [0.4, 0.5) is 5.69 Å². The summed E-state index contributed by atoms with van der Waals surface area (Å²) in [6, 6.07) is 24.0. The normalized spacial score (nSPS) is 11.2. The van der Waals surface area contributed by atoms with Gasteiger partial charge in [-0.05, 0) is 18.4 Å². The molecule has 0 saturated heterocycles. The Kier molecular flexibility index (Phi) is 3.95. The fraction of sp³-hybridized carbons (Fsp3) is 0.0435. The molecule has 0 atom stereocenters. The molecule has 5 heteroatoms. The molecule has 28 heavy (non-hydrogen) atoms. The summed E-state index contributed by atoms with van der Waals surface area (Å²) < 4.78 is 1.99. The largest absolute Gasteiger partial charge is 0.321 e. The molecule has 0 radical (unpaired) electrons. The summed E-state index contributed by atoms with van der Waals surface area (Å²) in [5.74, 6) is -0.106. The Morgan fingerprint density at radius 1 is 0.964 bits per heavy atom. The molecule has 0 aliphatic rings. The second kappa shape index (κ2) is 6.62. The minimum absolute atomic E-state index is 0.106. The summed E-state index contributed by atoms with van der Waals surface area (Å²) in [5.41, 5.74) is 3.70. The number of thiazole rings is 1. The average molecular weight is 383 g/mol. The molecule has 4 nitrogen and oxygen atoms in total. The van der Waals surface area contributed by atoms with Crippen LogP contribution >= 0.6 is 11.3 Å². The van der Waals surface area contributed by atoms with Crippen molar-refractivity contribution in [2.75, 3.05) is 5.32 Å². The number of nitrogens with one attached hydrogen (secondary N) is 1. The van der Waals surface area contributed by atoms with E-state index in [1.165, 1.54) is 11.3 Å². The van der Waals surface area contributed by atoms with Crippen molar-refractivity contribution >= 4 is 38.7 Å². The van der Waals surface area contributed by atoms with Crippen molar-refractivity contribution in [3.63, 3.8) is 0 Å². The first-order valence-corrected chi connectivity index (χ1v) is 9.85. The van der Waals surface area contributed by atoms with Crippen LogP contribution in [0.1, 0.15) is 15.4 Å². The molecule has 0 spiro atoms. The molecular formula is C23H17N3OS. The SMILES string of the molecule is Cc1c(C(=O)Nc2cccc3ccccc23)sc2nc(-c3ccccc3)cn12. The molecule has 3 aromatic carbocycles. The van der Waals surface area contributed by atoms with Crippen molar-refractivity contribution in [3.8, 4) is 11.3 Å². The number of carbonyl (C=O) groups is 1. The fourth-order valence-electron chi connectivity index (χ4n) is 3.42. The van der Waals surface area contributed by atoms with Crippen LogP contribution in [0, 0.1) is 6.92 Å². The summed E-state index contributed by atoms with van der Waals surface area (Å²) in [4.78, 5) is 19.2. The molecule has 0 aliphatic heterocycles. The first-order valence-electron chi connectivity index (χ1n) is 9.04. The lowest BCUT2D eigenvalue weighted by Crippen LogP contribution is -2.12. The van der Waals surface area contributed by atoms with Gasteiger partial charge in [-0.25, -0.2) is 4.98 Å². The van der Waals surface area contributed by atoms with E-state index in [1.807, 2.05) is 90.3 Å². The van der Waals surface area contributed by atoms with Crippen LogP contribution in [0.15, 0.2) is 79.0 Å². The van der Waals surface area contributed by atoms with Gasteiger partial charge in [0.05, 0.1) is 5.69 Å². The molecule has 136 valence electrons. The first-order chi connectivity index (χ1) is 13.7. The molecule has 0 unspecified atom stereocenters.